The number of hydrogen-bond donors (Lipinski definition) is 3. The lowest BCUT2D eigenvalue weighted by Crippen LogP contribution is -2.37. The predicted octanol–water partition coefficient (Wildman–Crippen LogP) is 1.84. The Morgan fingerprint density at radius 1 is 1.57 bits per heavy atom. The van der Waals surface area contributed by atoms with E-state index in [2.05, 4.69) is 27.5 Å². The molecule has 21 heavy (non-hydrogen) atoms. The van der Waals surface area contributed by atoms with Crippen LogP contribution in [0.3, 0.4) is 0 Å². The lowest BCUT2D eigenvalue weighted by Gasteiger charge is -2.17. The first-order valence-corrected chi connectivity index (χ1v) is 8.38. The number of aliphatic carboxylic acids is 1. The van der Waals surface area contributed by atoms with Crippen molar-refractivity contribution in [2.24, 2.45) is 0 Å². The highest BCUT2D eigenvalue weighted by Crippen LogP contribution is 2.25. The molecule has 2 heterocycles. The Hall–Kier alpha value is -1.18. The van der Waals surface area contributed by atoms with Crippen molar-refractivity contribution in [2.45, 2.75) is 29.6 Å². The van der Waals surface area contributed by atoms with Crippen LogP contribution in [0.5, 0.6) is 0 Å². The van der Waals surface area contributed by atoms with Crippen molar-refractivity contribution in [1.82, 2.24) is 14.9 Å². The van der Waals surface area contributed by atoms with Gasteiger partial charge in [-0.3, -0.25) is 10.1 Å². The lowest BCUT2D eigenvalue weighted by atomic mass is 10.2. The highest BCUT2D eigenvalue weighted by Gasteiger charge is 2.30. The number of benzene rings is 1. The molecule has 0 spiro atoms. The third-order valence-electron chi connectivity index (χ3n) is 3.57. The number of rotatable bonds is 5. The van der Waals surface area contributed by atoms with Gasteiger partial charge in [0.15, 0.2) is 0 Å². The second-order valence-corrected chi connectivity index (χ2v) is 7.12. The first-order chi connectivity index (χ1) is 10.1. The number of fused-ring (bicyclic) bond motifs is 1. The maximum absolute atomic E-state index is 10.9. The minimum absolute atomic E-state index is 0.153. The van der Waals surface area contributed by atoms with Crippen molar-refractivity contribution in [3.8, 4) is 0 Å². The lowest BCUT2D eigenvalue weighted by molar-refractivity contribution is -0.138. The molecular formula is C14H17N3O2S2. The van der Waals surface area contributed by atoms with Gasteiger partial charge in [-0.1, -0.05) is 12.1 Å². The Balaban J connectivity index is 1.59. The third kappa shape index (κ3) is 3.36. The van der Waals surface area contributed by atoms with Gasteiger partial charge in [0.05, 0.1) is 22.7 Å². The van der Waals surface area contributed by atoms with Gasteiger partial charge in [-0.25, -0.2) is 4.98 Å². The Morgan fingerprint density at radius 2 is 2.38 bits per heavy atom. The summed E-state index contributed by atoms with van der Waals surface area (Å²) in [6, 6.07) is 7.58. The minimum atomic E-state index is -0.777. The summed E-state index contributed by atoms with van der Waals surface area (Å²) < 4.78 is 2.10. The molecule has 2 N–H and O–H groups in total. The molecule has 1 aromatic heterocycles. The molecule has 1 aliphatic rings. The molecule has 1 fully saturated rings. The molecule has 0 radical (unpaired) electrons. The molecule has 3 atom stereocenters. The van der Waals surface area contributed by atoms with Gasteiger partial charge in [-0.2, -0.15) is 12.6 Å². The molecule has 5 nitrogen and oxygen atoms in total. The van der Waals surface area contributed by atoms with Crippen LogP contribution >= 0.6 is 24.4 Å². The van der Waals surface area contributed by atoms with Gasteiger partial charge < -0.3 is 9.67 Å². The van der Waals surface area contributed by atoms with Crippen molar-refractivity contribution < 1.29 is 9.90 Å². The molecule has 3 rings (SSSR count). The first kappa shape index (κ1) is 14.7. The Labute approximate surface area is 132 Å². The number of carboxylic acids is 1. The number of aromatic nitrogens is 2. The maximum atomic E-state index is 10.9. The molecule has 112 valence electrons. The van der Waals surface area contributed by atoms with E-state index in [1.54, 1.807) is 11.8 Å². The molecule has 0 amide bonds. The van der Waals surface area contributed by atoms with Crippen LogP contribution in [-0.4, -0.2) is 43.0 Å². The van der Waals surface area contributed by atoms with Crippen molar-refractivity contribution in [2.75, 3.05) is 5.75 Å². The monoisotopic (exact) mass is 323 g/mol. The maximum Gasteiger partial charge on any atom is 0.321 e. The summed E-state index contributed by atoms with van der Waals surface area (Å²) in [5, 5.41) is 12.4. The minimum Gasteiger partial charge on any atom is -0.480 e. The van der Waals surface area contributed by atoms with Gasteiger partial charge in [-0.05, 0) is 18.6 Å². The van der Waals surface area contributed by atoms with Crippen LogP contribution in [0.4, 0.5) is 0 Å². The molecule has 0 aliphatic carbocycles. The summed E-state index contributed by atoms with van der Waals surface area (Å²) in [5.74, 6) is -0.157. The van der Waals surface area contributed by atoms with Gasteiger partial charge in [0.1, 0.15) is 6.04 Å². The number of carboxylic acid groups (broad SMARTS) is 1. The third-order valence-corrected chi connectivity index (χ3v) is 5.20. The standard InChI is InChI=1S/C14H17N3O2S2/c18-14(19)11-7-21-13(16-11)5-9(20)6-17-8-15-10-3-1-2-4-12(10)17/h1-4,8-9,11,13,16,20H,5-7H2,(H,18,19). The summed E-state index contributed by atoms with van der Waals surface area (Å²) >= 11 is 6.31. The Morgan fingerprint density at radius 3 is 3.14 bits per heavy atom. The molecule has 3 unspecified atom stereocenters. The Bertz CT molecular complexity index is 646. The van der Waals surface area contributed by atoms with Gasteiger partial charge in [-0.15, -0.1) is 11.8 Å². The second-order valence-electron chi connectivity index (χ2n) is 5.15. The van der Waals surface area contributed by atoms with Crippen LogP contribution in [0.15, 0.2) is 30.6 Å². The number of nitrogens with one attached hydrogen (secondary N) is 1. The summed E-state index contributed by atoms with van der Waals surface area (Å²) in [4.78, 5) is 15.3. The average Bonchev–Trinajstić information content (AvgIpc) is 3.07. The number of thiol groups is 1. The van der Waals surface area contributed by atoms with E-state index in [1.165, 1.54) is 0 Å². The predicted molar refractivity (Wildman–Crippen MR) is 87.9 cm³/mol. The summed E-state index contributed by atoms with van der Waals surface area (Å²) in [6.45, 7) is 0.764. The van der Waals surface area contributed by atoms with Crippen LogP contribution in [0, 0.1) is 0 Å². The van der Waals surface area contributed by atoms with E-state index in [9.17, 15) is 4.79 Å². The van der Waals surface area contributed by atoms with Crippen molar-refractivity contribution in [3.63, 3.8) is 0 Å². The van der Waals surface area contributed by atoms with E-state index >= 15 is 0 Å². The van der Waals surface area contributed by atoms with Gasteiger partial charge in [0, 0.05) is 17.5 Å². The van der Waals surface area contributed by atoms with E-state index in [0.717, 1.165) is 24.0 Å². The Kier molecular flexibility index (Phi) is 4.42. The largest absolute Gasteiger partial charge is 0.480 e. The fourth-order valence-electron chi connectivity index (χ4n) is 2.52. The highest BCUT2D eigenvalue weighted by molar-refractivity contribution is 8.00. The van der Waals surface area contributed by atoms with E-state index in [1.807, 2.05) is 30.6 Å². The van der Waals surface area contributed by atoms with E-state index in [0.29, 0.717) is 5.75 Å². The molecule has 0 saturated carbocycles. The van der Waals surface area contributed by atoms with Crippen LogP contribution in [0.1, 0.15) is 6.42 Å². The number of imidazole rings is 1. The van der Waals surface area contributed by atoms with Gasteiger partial charge in [0.2, 0.25) is 0 Å². The topological polar surface area (TPSA) is 67.1 Å². The number of carbonyl (C=O) groups is 1. The van der Waals surface area contributed by atoms with Crippen molar-refractivity contribution >= 4 is 41.4 Å². The zero-order valence-electron chi connectivity index (χ0n) is 11.3. The van der Waals surface area contributed by atoms with Gasteiger partial charge in [0.25, 0.3) is 0 Å². The second kappa shape index (κ2) is 6.29. The quantitative estimate of drug-likeness (QED) is 0.733. The van der Waals surface area contributed by atoms with Gasteiger partial charge >= 0.3 is 5.97 Å². The van der Waals surface area contributed by atoms with Crippen molar-refractivity contribution in [3.05, 3.63) is 30.6 Å². The van der Waals surface area contributed by atoms with Crippen LogP contribution < -0.4 is 5.32 Å². The molecule has 1 saturated heterocycles. The highest BCUT2D eigenvalue weighted by atomic mass is 32.2. The number of nitrogens with zero attached hydrogens (tertiary/aromatic N) is 2. The number of thioether (sulfide) groups is 1. The summed E-state index contributed by atoms with van der Waals surface area (Å²) in [7, 11) is 0. The van der Waals surface area contributed by atoms with E-state index < -0.39 is 12.0 Å². The van der Waals surface area contributed by atoms with Crippen LogP contribution in [0.25, 0.3) is 11.0 Å². The van der Waals surface area contributed by atoms with Crippen molar-refractivity contribution in [1.29, 1.82) is 0 Å². The van der Waals surface area contributed by atoms with Crippen LogP contribution in [0.2, 0.25) is 0 Å². The number of para-hydroxylation sites is 2. The molecule has 1 aromatic carbocycles. The molecule has 1 aliphatic heterocycles. The summed E-state index contributed by atoms with van der Waals surface area (Å²) in [6.07, 6.45) is 2.66. The zero-order chi connectivity index (χ0) is 14.8. The SMILES string of the molecule is O=C(O)C1CSC(CC(S)Cn2cnc3ccccc32)N1. The smallest absolute Gasteiger partial charge is 0.321 e. The fourth-order valence-corrected chi connectivity index (χ4v) is 4.34. The first-order valence-electron chi connectivity index (χ1n) is 6.82. The van der Waals surface area contributed by atoms with E-state index in [-0.39, 0.29) is 10.6 Å². The fraction of sp³-hybridized carbons (Fsp3) is 0.429. The summed E-state index contributed by atoms with van der Waals surface area (Å²) in [5.41, 5.74) is 2.09. The van der Waals surface area contributed by atoms with E-state index in [4.69, 9.17) is 5.11 Å². The number of hydrogen-bond acceptors (Lipinski definition) is 5. The molecule has 7 heteroatoms. The van der Waals surface area contributed by atoms with Crippen LogP contribution in [-0.2, 0) is 11.3 Å². The zero-order valence-corrected chi connectivity index (χ0v) is 13.1. The average molecular weight is 323 g/mol. The normalized spacial score (nSPS) is 23.5. The molecule has 2 aromatic rings. The molecular weight excluding hydrogens is 306 g/mol. The molecule has 0 bridgehead atoms.